The van der Waals surface area contributed by atoms with E-state index in [9.17, 15) is 0 Å². The number of hydrogen-bond acceptors (Lipinski definition) is 1. The molecule has 1 aliphatic rings. The minimum absolute atomic E-state index is 1.11. The van der Waals surface area contributed by atoms with Gasteiger partial charge in [-0.2, -0.15) is 0 Å². The number of hydrogen-bond donors (Lipinski definition) is 0. The summed E-state index contributed by atoms with van der Waals surface area (Å²) in [6.45, 7) is 2.16. The maximum atomic E-state index is 2.40. The fraction of sp³-hybridized carbons (Fsp3) is 0.111. The van der Waals surface area contributed by atoms with Crippen molar-refractivity contribution in [1.82, 2.24) is 0 Å². The number of fused-ring (bicyclic) bond motifs is 2. The van der Waals surface area contributed by atoms with Gasteiger partial charge in [-0.3, -0.25) is 0 Å². The fourth-order valence-electron chi connectivity index (χ4n) is 4.15. The van der Waals surface area contributed by atoms with Crippen molar-refractivity contribution in [1.29, 1.82) is 0 Å². The summed E-state index contributed by atoms with van der Waals surface area (Å²) in [5.74, 6) is 0. The van der Waals surface area contributed by atoms with Gasteiger partial charge in [0.05, 0.1) is 5.69 Å². The number of anilines is 3. The third kappa shape index (κ3) is 2.99. The molecule has 28 heavy (non-hydrogen) atoms. The SMILES string of the molecule is Cc1cccc(N(c2ccc3ccccc3c2)c2cccc3c2C=CCC3)c1. The standard InChI is InChI=1S/C27H23N/c1-20-8-6-13-24(18-20)28(25-17-16-21-9-2-3-11-23(21)19-25)27-15-7-12-22-10-4-5-14-26(22)27/h2-3,5-9,11-19H,4,10H2,1H3. The molecule has 0 aliphatic heterocycles. The van der Waals surface area contributed by atoms with Crippen LogP contribution in [0.25, 0.3) is 16.8 Å². The Kier molecular flexibility index (Phi) is 4.21. The van der Waals surface area contributed by atoms with E-state index in [0.29, 0.717) is 0 Å². The van der Waals surface area contributed by atoms with Gasteiger partial charge < -0.3 is 4.90 Å². The molecule has 1 aliphatic carbocycles. The summed E-state index contributed by atoms with van der Waals surface area (Å²) >= 11 is 0. The van der Waals surface area contributed by atoms with Crippen molar-refractivity contribution < 1.29 is 0 Å². The first-order chi connectivity index (χ1) is 13.8. The second-order valence-corrected chi connectivity index (χ2v) is 7.50. The van der Waals surface area contributed by atoms with E-state index >= 15 is 0 Å². The lowest BCUT2D eigenvalue weighted by Crippen LogP contribution is -2.13. The van der Waals surface area contributed by atoms with Crippen LogP contribution < -0.4 is 4.90 Å². The van der Waals surface area contributed by atoms with Gasteiger partial charge in [-0.1, -0.05) is 66.7 Å². The van der Waals surface area contributed by atoms with E-state index in [1.807, 2.05) is 0 Å². The summed E-state index contributed by atoms with van der Waals surface area (Å²) < 4.78 is 0. The first kappa shape index (κ1) is 16.8. The van der Waals surface area contributed by atoms with Gasteiger partial charge in [0, 0.05) is 16.9 Å². The van der Waals surface area contributed by atoms with Crippen LogP contribution in [-0.4, -0.2) is 0 Å². The van der Waals surface area contributed by atoms with E-state index in [2.05, 4.69) is 109 Å². The smallest absolute Gasteiger partial charge is 0.0536 e. The highest BCUT2D eigenvalue weighted by Crippen LogP contribution is 2.40. The molecule has 1 heteroatoms. The normalized spacial score (nSPS) is 12.8. The lowest BCUT2D eigenvalue weighted by atomic mass is 9.95. The van der Waals surface area contributed by atoms with Gasteiger partial charge in [0.1, 0.15) is 0 Å². The van der Waals surface area contributed by atoms with Crippen LogP contribution in [0.2, 0.25) is 0 Å². The van der Waals surface area contributed by atoms with Crippen molar-refractivity contribution in [2.24, 2.45) is 0 Å². The molecule has 0 heterocycles. The second-order valence-electron chi connectivity index (χ2n) is 7.50. The number of nitrogens with zero attached hydrogens (tertiary/aromatic N) is 1. The molecule has 0 aromatic heterocycles. The Balaban J connectivity index is 1.75. The molecule has 136 valence electrons. The van der Waals surface area contributed by atoms with Gasteiger partial charge in [0.25, 0.3) is 0 Å². The first-order valence-corrected chi connectivity index (χ1v) is 9.94. The predicted molar refractivity (Wildman–Crippen MR) is 121 cm³/mol. The molecule has 0 amide bonds. The van der Waals surface area contributed by atoms with Gasteiger partial charge in [0.15, 0.2) is 0 Å². The third-order valence-electron chi connectivity index (χ3n) is 5.53. The molecule has 0 saturated heterocycles. The van der Waals surface area contributed by atoms with Crippen LogP contribution in [0.3, 0.4) is 0 Å². The van der Waals surface area contributed by atoms with Crippen molar-refractivity contribution in [2.45, 2.75) is 19.8 Å². The van der Waals surface area contributed by atoms with Gasteiger partial charge in [-0.15, -0.1) is 0 Å². The van der Waals surface area contributed by atoms with E-state index in [0.717, 1.165) is 12.8 Å². The highest BCUT2D eigenvalue weighted by atomic mass is 15.1. The summed E-state index contributed by atoms with van der Waals surface area (Å²) in [7, 11) is 0. The molecule has 0 fully saturated rings. The van der Waals surface area contributed by atoms with Gasteiger partial charge >= 0.3 is 0 Å². The van der Waals surface area contributed by atoms with E-state index in [4.69, 9.17) is 0 Å². The lowest BCUT2D eigenvalue weighted by molar-refractivity contribution is 0.984. The molecule has 0 saturated carbocycles. The number of rotatable bonds is 3. The molecule has 1 nitrogen and oxygen atoms in total. The zero-order chi connectivity index (χ0) is 18.9. The maximum absolute atomic E-state index is 2.40. The average molecular weight is 361 g/mol. The topological polar surface area (TPSA) is 3.24 Å². The summed E-state index contributed by atoms with van der Waals surface area (Å²) in [6.07, 6.45) is 6.81. The quantitative estimate of drug-likeness (QED) is 0.363. The van der Waals surface area contributed by atoms with Crippen LogP contribution >= 0.6 is 0 Å². The number of aryl methyl sites for hydroxylation is 2. The molecular weight excluding hydrogens is 338 g/mol. The lowest BCUT2D eigenvalue weighted by Gasteiger charge is -2.29. The molecule has 0 atom stereocenters. The molecular formula is C27H23N. The Labute approximate surface area is 166 Å². The van der Waals surface area contributed by atoms with Gasteiger partial charge in [-0.25, -0.2) is 0 Å². The van der Waals surface area contributed by atoms with E-state index in [1.165, 1.54) is 44.5 Å². The summed E-state index contributed by atoms with van der Waals surface area (Å²) in [5.41, 5.74) is 7.67. The number of allylic oxidation sites excluding steroid dienone is 1. The minimum Gasteiger partial charge on any atom is -0.310 e. The Bertz CT molecular complexity index is 1190. The molecule has 0 N–H and O–H groups in total. The van der Waals surface area contributed by atoms with E-state index < -0.39 is 0 Å². The first-order valence-electron chi connectivity index (χ1n) is 9.94. The molecule has 0 bridgehead atoms. The Morgan fingerprint density at radius 3 is 2.43 bits per heavy atom. The van der Waals surface area contributed by atoms with E-state index in [-0.39, 0.29) is 0 Å². The van der Waals surface area contributed by atoms with Gasteiger partial charge in [0.2, 0.25) is 0 Å². The largest absolute Gasteiger partial charge is 0.310 e. The highest BCUT2D eigenvalue weighted by Gasteiger charge is 2.18. The van der Waals surface area contributed by atoms with Crippen molar-refractivity contribution in [3.05, 3.63) is 108 Å². The number of benzene rings is 4. The van der Waals surface area contributed by atoms with Crippen molar-refractivity contribution in [2.75, 3.05) is 4.90 Å². The van der Waals surface area contributed by atoms with Crippen LogP contribution in [0.5, 0.6) is 0 Å². The Morgan fingerprint density at radius 2 is 1.54 bits per heavy atom. The van der Waals surface area contributed by atoms with Crippen LogP contribution in [-0.2, 0) is 6.42 Å². The maximum Gasteiger partial charge on any atom is 0.0536 e. The molecule has 0 unspecified atom stereocenters. The summed E-state index contributed by atoms with van der Waals surface area (Å²) in [5, 5.41) is 2.53. The van der Waals surface area contributed by atoms with Crippen LogP contribution in [0.4, 0.5) is 17.1 Å². The molecule has 0 spiro atoms. The second kappa shape index (κ2) is 7.01. The van der Waals surface area contributed by atoms with Crippen LogP contribution in [0.15, 0.2) is 91.0 Å². The third-order valence-corrected chi connectivity index (χ3v) is 5.53. The van der Waals surface area contributed by atoms with Crippen molar-refractivity contribution in [3.8, 4) is 0 Å². The summed E-state index contributed by atoms with van der Waals surface area (Å²) in [4.78, 5) is 2.40. The average Bonchev–Trinajstić information content (AvgIpc) is 2.74. The van der Waals surface area contributed by atoms with Crippen LogP contribution in [0.1, 0.15) is 23.1 Å². The zero-order valence-electron chi connectivity index (χ0n) is 16.1. The monoisotopic (exact) mass is 361 g/mol. The molecule has 4 aromatic rings. The van der Waals surface area contributed by atoms with Gasteiger partial charge in [-0.05, 0) is 72.0 Å². The highest BCUT2D eigenvalue weighted by molar-refractivity contribution is 5.91. The Hall–Kier alpha value is -3.32. The molecule has 4 aromatic carbocycles. The predicted octanol–water partition coefficient (Wildman–Crippen LogP) is 7.58. The molecule has 0 radical (unpaired) electrons. The zero-order valence-corrected chi connectivity index (χ0v) is 16.1. The van der Waals surface area contributed by atoms with Crippen molar-refractivity contribution in [3.63, 3.8) is 0 Å². The van der Waals surface area contributed by atoms with E-state index in [1.54, 1.807) is 0 Å². The Morgan fingerprint density at radius 1 is 0.714 bits per heavy atom. The summed E-state index contributed by atoms with van der Waals surface area (Å²) in [6, 6.07) is 30.8. The fourth-order valence-corrected chi connectivity index (χ4v) is 4.15. The molecule has 5 rings (SSSR count). The van der Waals surface area contributed by atoms with Crippen molar-refractivity contribution >= 4 is 33.9 Å². The minimum atomic E-state index is 1.11. The van der Waals surface area contributed by atoms with Crippen LogP contribution in [0, 0.1) is 6.92 Å².